The Balaban J connectivity index is 2.08. The van der Waals surface area contributed by atoms with Crippen molar-refractivity contribution in [2.24, 2.45) is 9.98 Å². The second-order valence-electron chi connectivity index (χ2n) is 11.4. The van der Waals surface area contributed by atoms with Gasteiger partial charge in [0.2, 0.25) is 0 Å². The molecule has 3 aromatic carbocycles. The summed E-state index contributed by atoms with van der Waals surface area (Å²) < 4.78 is 216. The first-order valence-corrected chi connectivity index (χ1v) is 14.3. The number of hydrogen-bond donors (Lipinski definition) is 0. The van der Waals surface area contributed by atoms with Gasteiger partial charge in [-0.25, -0.2) is 9.98 Å². The van der Waals surface area contributed by atoms with Gasteiger partial charge >= 0.3 is 30.9 Å². The standard InChI is InChI=1S/C34H9F15N6/c1-12-2-13(4-17(3-12)30(35,36)37)26-20(15(8-50)9-51)22-24(33(44,45)46)29-23(25(28(22)54-26)34(47,48)49)21(16(10-52)11-53)27(55-29)14-5-18(31(38,39)40)7-19(6-14)32(41,42)43/h2-7H,1H3. The predicted octanol–water partition coefficient (Wildman–Crippen LogP) is 11.0. The van der Waals surface area contributed by atoms with Crippen LogP contribution in [-0.2, 0) is 30.9 Å². The summed E-state index contributed by atoms with van der Waals surface area (Å²) in [5, 5.41) is 38.8. The summed E-state index contributed by atoms with van der Waals surface area (Å²) in [5.41, 5.74) is -29.2. The van der Waals surface area contributed by atoms with Crippen LogP contribution in [0.15, 0.2) is 57.5 Å². The molecule has 21 heteroatoms. The van der Waals surface area contributed by atoms with Gasteiger partial charge in [-0.1, -0.05) is 0 Å². The van der Waals surface area contributed by atoms with Crippen LogP contribution in [0.1, 0.15) is 55.6 Å². The van der Waals surface area contributed by atoms with Gasteiger partial charge in [0.25, 0.3) is 0 Å². The van der Waals surface area contributed by atoms with Crippen LogP contribution >= 0.6 is 0 Å². The summed E-state index contributed by atoms with van der Waals surface area (Å²) in [5.74, 6) is 0. The minimum atomic E-state index is -5.98. The fraction of sp³-hybridized carbons (Fsp3) is 0.176. The van der Waals surface area contributed by atoms with E-state index >= 15 is 26.3 Å². The summed E-state index contributed by atoms with van der Waals surface area (Å²) in [4.78, 5) is 6.97. The molecule has 0 amide bonds. The van der Waals surface area contributed by atoms with Crippen molar-refractivity contribution in [3.8, 4) is 24.3 Å². The molecule has 0 bridgehead atoms. The molecule has 5 rings (SSSR count). The molecule has 3 aromatic rings. The molecule has 0 atom stereocenters. The molecular weight excluding hydrogens is 777 g/mol. The van der Waals surface area contributed by atoms with Gasteiger partial charge in [-0.15, -0.1) is 0 Å². The van der Waals surface area contributed by atoms with Crippen molar-refractivity contribution in [1.29, 1.82) is 21.0 Å². The van der Waals surface area contributed by atoms with Gasteiger partial charge in [-0.3, -0.25) is 0 Å². The maximum Gasteiger partial charge on any atom is 0.419 e. The van der Waals surface area contributed by atoms with Crippen molar-refractivity contribution in [2.75, 3.05) is 0 Å². The van der Waals surface area contributed by atoms with E-state index in [4.69, 9.17) is 0 Å². The van der Waals surface area contributed by atoms with Gasteiger partial charge < -0.3 is 0 Å². The summed E-state index contributed by atoms with van der Waals surface area (Å²) in [6.45, 7) is 1.05. The zero-order valence-corrected chi connectivity index (χ0v) is 26.3. The van der Waals surface area contributed by atoms with Crippen LogP contribution in [0.3, 0.4) is 0 Å². The molecule has 0 fully saturated rings. The Labute approximate surface area is 296 Å². The lowest BCUT2D eigenvalue weighted by Gasteiger charge is -2.22. The first-order chi connectivity index (χ1) is 25.2. The third-order valence-electron chi connectivity index (χ3n) is 7.92. The van der Waals surface area contributed by atoms with Gasteiger partial charge in [0.15, 0.2) is 0 Å². The summed E-state index contributed by atoms with van der Waals surface area (Å²) in [7, 11) is 0. The lowest BCUT2D eigenvalue weighted by Crippen LogP contribution is -2.17. The molecule has 280 valence electrons. The highest BCUT2D eigenvalue weighted by molar-refractivity contribution is 6.41. The molecule has 0 saturated carbocycles. The van der Waals surface area contributed by atoms with E-state index < -0.39 is 132 Å². The number of aliphatic imine (C=N–C) groups is 2. The van der Waals surface area contributed by atoms with Crippen molar-refractivity contribution in [3.05, 3.63) is 103 Å². The van der Waals surface area contributed by atoms with E-state index in [9.17, 15) is 60.6 Å². The highest BCUT2D eigenvalue weighted by atomic mass is 19.4. The Hall–Kier alpha value is -6.61. The van der Waals surface area contributed by atoms with E-state index in [0.29, 0.717) is 6.07 Å². The number of nitriles is 4. The first-order valence-electron chi connectivity index (χ1n) is 14.3. The lowest BCUT2D eigenvalue weighted by atomic mass is 9.83. The van der Waals surface area contributed by atoms with Crippen LogP contribution in [0.5, 0.6) is 0 Å². The van der Waals surface area contributed by atoms with E-state index in [0.717, 1.165) is 37.3 Å². The predicted molar refractivity (Wildman–Crippen MR) is 158 cm³/mol. The number of alkyl halides is 15. The van der Waals surface area contributed by atoms with E-state index in [1.807, 2.05) is 0 Å². The zero-order chi connectivity index (χ0) is 41.4. The summed E-state index contributed by atoms with van der Waals surface area (Å²) in [6.07, 6.45) is -28.4. The second-order valence-corrected chi connectivity index (χ2v) is 11.4. The van der Waals surface area contributed by atoms with Crippen molar-refractivity contribution >= 4 is 33.9 Å². The molecular formula is C34H9F15N6. The number of halogens is 15. The molecule has 0 aliphatic carbocycles. The smallest absolute Gasteiger partial charge is 0.246 e. The molecule has 0 N–H and O–H groups in total. The highest BCUT2D eigenvalue weighted by Crippen LogP contribution is 2.60. The molecule has 0 unspecified atom stereocenters. The Morgan fingerprint density at radius 3 is 1.05 bits per heavy atom. The monoisotopic (exact) mass is 786 g/mol. The topological polar surface area (TPSA) is 120 Å². The molecule has 2 aliphatic rings. The lowest BCUT2D eigenvalue weighted by molar-refractivity contribution is -0.143. The van der Waals surface area contributed by atoms with Crippen molar-refractivity contribution in [1.82, 2.24) is 0 Å². The Kier molecular flexibility index (Phi) is 9.19. The van der Waals surface area contributed by atoms with E-state index in [1.165, 1.54) is 0 Å². The number of hydrogen-bond acceptors (Lipinski definition) is 6. The molecule has 0 aromatic heterocycles. The molecule has 0 radical (unpaired) electrons. The van der Waals surface area contributed by atoms with Crippen LogP contribution in [0, 0.1) is 52.2 Å². The van der Waals surface area contributed by atoms with Gasteiger partial charge in [-0.2, -0.15) is 86.9 Å². The largest absolute Gasteiger partial charge is 0.419 e. The fourth-order valence-corrected chi connectivity index (χ4v) is 5.91. The SMILES string of the molecule is Cc1cc(C2=Nc3c(c(C(F)(F)F)c4c(c3C(F)(F)F)C(=C(C#N)C#N)C(c3cc(C(F)(F)F)cc(C(F)(F)F)c3)=N4)C2=C(C#N)C#N)cc(C(F)(F)F)c1. The van der Waals surface area contributed by atoms with Crippen molar-refractivity contribution in [3.63, 3.8) is 0 Å². The molecule has 6 nitrogen and oxygen atoms in total. The van der Waals surface area contributed by atoms with Crippen LogP contribution in [0.25, 0.3) is 11.1 Å². The van der Waals surface area contributed by atoms with Crippen LogP contribution in [0.2, 0.25) is 0 Å². The Morgan fingerprint density at radius 2 is 0.764 bits per heavy atom. The fourth-order valence-electron chi connectivity index (χ4n) is 5.91. The molecule has 2 aliphatic heterocycles. The van der Waals surface area contributed by atoms with Crippen molar-refractivity contribution in [2.45, 2.75) is 37.8 Å². The average Bonchev–Trinajstić information content (AvgIpc) is 3.61. The normalized spacial score (nSPS) is 14.3. The van der Waals surface area contributed by atoms with E-state index in [-0.39, 0.29) is 23.8 Å². The third-order valence-corrected chi connectivity index (χ3v) is 7.92. The highest BCUT2D eigenvalue weighted by Gasteiger charge is 2.52. The zero-order valence-electron chi connectivity index (χ0n) is 26.3. The van der Waals surface area contributed by atoms with E-state index in [2.05, 4.69) is 9.98 Å². The molecule has 55 heavy (non-hydrogen) atoms. The third kappa shape index (κ3) is 6.85. The molecule has 0 spiro atoms. The number of benzene rings is 3. The summed E-state index contributed by atoms with van der Waals surface area (Å²) in [6, 6.07) is 5.26. The number of allylic oxidation sites excluding steroid dienone is 4. The Bertz CT molecular complexity index is 2450. The quantitative estimate of drug-likeness (QED) is 0.190. The first kappa shape index (κ1) is 39.6. The number of fused-ring (bicyclic) bond motifs is 2. The van der Waals surface area contributed by atoms with Gasteiger partial charge in [-0.05, 0) is 48.9 Å². The van der Waals surface area contributed by atoms with Crippen LogP contribution < -0.4 is 0 Å². The molecule has 0 saturated heterocycles. The molecule has 2 heterocycles. The number of aryl methyl sites for hydroxylation is 1. The van der Waals surface area contributed by atoms with Gasteiger partial charge in [0.1, 0.15) is 35.4 Å². The Morgan fingerprint density at radius 1 is 0.455 bits per heavy atom. The number of nitrogens with zero attached hydrogens (tertiary/aromatic N) is 6. The summed E-state index contributed by atoms with van der Waals surface area (Å²) >= 11 is 0. The maximum atomic E-state index is 15.3. The van der Waals surface area contributed by atoms with Crippen LogP contribution in [-0.4, -0.2) is 11.4 Å². The van der Waals surface area contributed by atoms with Crippen molar-refractivity contribution < 1.29 is 65.9 Å². The minimum absolute atomic E-state index is 0.137. The minimum Gasteiger partial charge on any atom is -0.246 e. The van der Waals surface area contributed by atoms with E-state index in [1.54, 1.807) is 0 Å². The average molecular weight is 786 g/mol. The van der Waals surface area contributed by atoms with Gasteiger partial charge in [0, 0.05) is 33.4 Å². The maximum absolute atomic E-state index is 15.3. The van der Waals surface area contributed by atoms with Crippen LogP contribution in [0.4, 0.5) is 77.2 Å². The van der Waals surface area contributed by atoms with Gasteiger partial charge in [0.05, 0.1) is 50.6 Å². The number of rotatable bonds is 2. The second kappa shape index (κ2) is 12.8.